The summed E-state index contributed by atoms with van der Waals surface area (Å²) in [5.41, 5.74) is 2.60. The minimum Gasteiger partial charge on any atom is -0.453 e. The van der Waals surface area contributed by atoms with E-state index in [2.05, 4.69) is 58.7 Å². The fourth-order valence-corrected chi connectivity index (χ4v) is 3.39. The maximum absolute atomic E-state index is 11.8. The van der Waals surface area contributed by atoms with E-state index in [1.165, 1.54) is 18.2 Å². The molecule has 2 atom stereocenters. The summed E-state index contributed by atoms with van der Waals surface area (Å²) >= 11 is 0. The summed E-state index contributed by atoms with van der Waals surface area (Å²) in [7, 11) is 1.41. The molecule has 24 heavy (non-hydrogen) atoms. The van der Waals surface area contributed by atoms with Gasteiger partial charge in [0, 0.05) is 13.1 Å². The van der Waals surface area contributed by atoms with Gasteiger partial charge in [-0.25, -0.2) is 4.79 Å². The van der Waals surface area contributed by atoms with E-state index in [4.69, 9.17) is 4.74 Å². The van der Waals surface area contributed by atoms with E-state index in [0.29, 0.717) is 5.92 Å². The van der Waals surface area contributed by atoms with Crippen LogP contribution in [0.1, 0.15) is 29.9 Å². The highest BCUT2D eigenvalue weighted by atomic mass is 16.5. The number of hydrogen-bond acceptors (Lipinski definition) is 3. The van der Waals surface area contributed by atoms with Gasteiger partial charge in [0.15, 0.2) is 0 Å². The van der Waals surface area contributed by atoms with E-state index in [-0.39, 0.29) is 12.3 Å². The molecule has 0 bridgehead atoms. The van der Waals surface area contributed by atoms with E-state index >= 15 is 0 Å². The Labute approximate surface area is 143 Å². The minimum absolute atomic E-state index is 0.0170. The lowest BCUT2D eigenvalue weighted by Crippen LogP contribution is -2.51. The average Bonchev–Trinajstić information content (AvgIpc) is 2.64. The highest BCUT2D eigenvalue weighted by molar-refractivity contribution is 5.67. The number of likely N-dealkylation sites (tertiary alicyclic amines) is 1. The van der Waals surface area contributed by atoms with Gasteiger partial charge in [-0.2, -0.15) is 0 Å². The maximum atomic E-state index is 11.8. The Balaban J connectivity index is 1.73. The summed E-state index contributed by atoms with van der Waals surface area (Å²) in [5, 5.41) is 3.00. The van der Waals surface area contributed by atoms with Gasteiger partial charge in [-0.3, -0.25) is 4.90 Å². The number of alkyl carbamates (subject to hydrolysis) is 1. The second-order valence-corrected chi connectivity index (χ2v) is 6.24. The van der Waals surface area contributed by atoms with Crippen LogP contribution in [0, 0.1) is 0 Å². The van der Waals surface area contributed by atoms with Crippen molar-refractivity contribution in [3.8, 4) is 0 Å². The third-order valence-electron chi connectivity index (χ3n) is 4.68. The fourth-order valence-electron chi connectivity index (χ4n) is 3.39. The first-order valence-electron chi connectivity index (χ1n) is 8.43. The van der Waals surface area contributed by atoms with E-state index in [0.717, 1.165) is 25.9 Å². The number of methoxy groups -OCH3 is 1. The molecular formula is C20H24N2O2. The molecule has 1 aliphatic heterocycles. The number of carbonyl (C=O) groups is 1. The molecule has 1 N–H and O–H groups in total. The van der Waals surface area contributed by atoms with Gasteiger partial charge in [-0.15, -0.1) is 0 Å². The zero-order valence-electron chi connectivity index (χ0n) is 14.0. The first kappa shape index (κ1) is 16.5. The number of benzene rings is 2. The van der Waals surface area contributed by atoms with Gasteiger partial charge in [0.05, 0.1) is 13.3 Å². The molecule has 2 aromatic carbocycles. The van der Waals surface area contributed by atoms with Gasteiger partial charge in [-0.05, 0) is 29.9 Å². The highest BCUT2D eigenvalue weighted by Crippen LogP contribution is 2.31. The summed E-state index contributed by atoms with van der Waals surface area (Å²) in [6, 6.07) is 20.9. The second kappa shape index (κ2) is 7.97. The molecule has 0 aliphatic carbocycles. The number of carbonyl (C=O) groups excluding carboxylic acids is 1. The molecule has 1 amide bonds. The normalized spacial score (nSPS) is 21.2. The molecule has 1 aliphatic rings. The lowest BCUT2D eigenvalue weighted by Gasteiger charge is -2.39. The van der Waals surface area contributed by atoms with Gasteiger partial charge in [0.1, 0.15) is 0 Å². The Morgan fingerprint density at radius 1 is 1.12 bits per heavy atom. The number of amides is 1. The monoisotopic (exact) mass is 324 g/mol. The maximum Gasteiger partial charge on any atom is 0.408 e. The Bertz CT molecular complexity index is 645. The van der Waals surface area contributed by atoms with Crippen molar-refractivity contribution in [3.63, 3.8) is 0 Å². The van der Waals surface area contributed by atoms with Crippen molar-refractivity contribution in [1.82, 2.24) is 10.2 Å². The first-order valence-corrected chi connectivity index (χ1v) is 8.43. The summed E-state index contributed by atoms with van der Waals surface area (Å²) in [4.78, 5) is 14.1. The molecule has 0 spiro atoms. The SMILES string of the molecule is COC(=O)NC1CC(c2ccccc2)CCN1Cc1ccccc1. The molecule has 0 aromatic heterocycles. The predicted octanol–water partition coefficient (Wildman–Crippen LogP) is 3.75. The molecule has 3 rings (SSSR count). The summed E-state index contributed by atoms with van der Waals surface area (Å²) in [5.74, 6) is 0.459. The number of nitrogens with zero attached hydrogens (tertiary/aromatic N) is 1. The van der Waals surface area contributed by atoms with Crippen LogP contribution in [-0.2, 0) is 11.3 Å². The zero-order valence-corrected chi connectivity index (χ0v) is 14.0. The van der Waals surface area contributed by atoms with E-state index in [1.54, 1.807) is 0 Å². The summed E-state index contributed by atoms with van der Waals surface area (Å²) in [6.45, 7) is 1.78. The van der Waals surface area contributed by atoms with E-state index < -0.39 is 0 Å². The number of ether oxygens (including phenoxy) is 1. The average molecular weight is 324 g/mol. The first-order chi connectivity index (χ1) is 11.8. The van der Waals surface area contributed by atoms with E-state index in [9.17, 15) is 4.79 Å². The number of hydrogen-bond donors (Lipinski definition) is 1. The van der Waals surface area contributed by atoms with Crippen LogP contribution in [0.3, 0.4) is 0 Å². The lowest BCUT2D eigenvalue weighted by molar-refractivity contribution is 0.0895. The highest BCUT2D eigenvalue weighted by Gasteiger charge is 2.30. The number of nitrogens with one attached hydrogen (secondary N) is 1. The van der Waals surface area contributed by atoms with Gasteiger partial charge in [0.25, 0.3) is 0 Å². The third-order valence-corrected chi connectivity index (χ3v) is 4.68. The third kappa shape index (κ3) is 4.15. The van der Waals surface area contributed by atoms with Crippen molar-refractivity contribution < 1.29 is 9.53 Å². The van der Waals surface area contributed by atoms with Gasteiger partial charge >= 0.3 is 6.09 Å². The second-order valence-electron chi connectivity index (χ2n) is 6.24. The molecule has 1 saturated heterocycles. The topological polar surface area (TPSA) is 41.6 Å². The number of rotatable bonds is 4. The summed E-state index contributed by atoms with van der Waals surface area (Å²) in [6.07, 6.45) is 1.60. The molecule has 4 nitrogen and oxygen atoms in total. The van der Waals surface area contributed by atoms with Gasteiger partial charge in [-0.1, -0.05) is 60.7 Å². The van der Waals surface area contributed by atoms with Gasteiger partial charge < -0.3 is 10.1 Å². The van der Waals surface area contributed by atoms with Crippen molar-refractivity contribution in [1.29, 1.82) is 0 Å². The molecular weight excluding hydrogens is 300 g/mol. The van der Waals surface area contributed by atoms with E-state index in [1.807, 2.05) is 12.1 Å². The fraction of sp³-hybridized carbons (Fsp3) is 0.350. The molecule has 4 heteroatoms. The molecule has 2 aromatic rings. The Kier molecular flexibility index (Phi) is 5.49. The molecule has 1 fully saturated rings. The van der Waals surface area contributed by atoms with Crippen molar-refractivity contribution in [3.05, 3.63) is 71.8 Å². The van der Waals surface area contributed by atoms with Crippen LogP contribution in [0.25, 0.3) is 0 Å². The number of piperidine rings is 1. The predicted molar refractivity (Wildman–Crippen MR) is 94.6 cm³/mol. The Morgan fingerprint density at radius 3 is 2.46 bits per heavy atom. The van der Waals surface area contributed by atoms with Crippen molar-refractivity contribution in [2.24, 2.45) is 0 Å². The van der Waals surface area contributed by atoms with Crippen LogP contribution < -0.4 is 5.32 Å². The molecule has 0 saturated carbocycles. The van der Waals surface area contributed by atoms with Crippen molar-refractivity contribution in [2.45, 2.75) is 31.5 Å². The van der Waals surface area contributed by atoms with Gasteiger partial charge in [0.2, 0.25) is 0 Å². The molecule has 126 valence electrons. The zero-order chi connectivity index (χ0) is 16.8. The molecule has 1 heterocycles. The Hall–Kier alpha value is -2.33. The largest absolute Gasteiger partial charge is 0.453 e. The minimum atomic E-state index is -0.369. The quantitative estimate of drug-likeness (QED) is 0.931. The van der Waals surface area contributed by atoms with Crippen LogP contribution in [0.5, 0.6) is 0 Å². The van der Waals surface area contributed by atoms with Crippen LogP contribution in [-0.4, -0.2) is 30.8 Å². The standard InChI is InChI=1S/C20H24N2O2/c1-24-20(23)21-19-14-18(17-10-6-3-7-11-17)12-13-22(19)15-16-8-4-2-5-9-16/h2-11,18-19H,12-15H2,1H3,(H,21,23). The van der Waals surface area contributed by atoms with Crippen molar-refractivity contribution >= 4 is 6.09 Å². The lowest BCUT2D eigenvalue weighted by atomic mass is 9.87. The van der Waals surface area contributed by atoms with Crippen LogP contribution in [0.2, 0.25) is 0 Å². The molecule has 2 unspecified atom stereocenters. The van der Waals surface area contributed by atoms with Crippen LogP contribution in [0.15, 0.2) is 60.7 Å². The van der Waals surface area contributed by atoms with Crippen LogP contribution in [0.4, 0.5) is 4.79 Å². The molecule has 0 radical (unpaired) electrons. The van der Waals surface area contributed by atoms with Crippen LogP contribution >= 0.6 is 0 Å². The van der Waals surface area contributed by atoms with Crippen molar-refractivity contribution in [2.75, 3.05) is 13.7 Å². The smallest absolute Gasteiger partial charge is 0.408 e. The Morgan fingerprint density at radius 2 is 1.79 bits per heavy atom. The summed E-state index contributed by atoms with van der Waals surface area (Å²) < 4.78 is 4.82.